The Morgan fingerprint density at radius 1 is 1.00 bits per heavy atom. The monoisotopic (exact) mass is 515 g/mol. The van der Waals surface area contributed by atoms with Gasteiger partial charge >= 0.3 is 0 Å². The summed E-state index contributed by atoms with van der Waals surface area (Å²) in [6, 6.07) is 10.3. The normalized spacial score (nSPS) is 12.1. The number of fused-ring (bicyclic) bond motifs is 1. The number of anilines is 1. The SMILES string of the molecule is CN(C)CCCNc1nc(CN(C)S(=O)(=O)c2c(Cl)cc(Cl)cc2Cl)nc2ccccc12. The maximum Gasteiger partial charge on any atom is 0.246 e. The van der Waals surface area contributed by atoms with E-state index in [9.17, 15) is 8.42 Å². The topological polar surface area (TPSA) is 78.4 Å². The van der Waals surface area contributed by atoms with Gasteiger partial charge < -0.3 is 10.2 Å². The third kappa shape index (κ3) is 5.81. The van der Waals surface area contributed by atoms with Crippen molar-refractivity contribution in [3.63, 3.8) is 0 Å². The molecule has 0 amide bonds. The third-order valence-corrected chi connectivity index (χ3v) is 7.66. The molecule has 0 bridgehead atoms. The van der Waals surface area contributed by atoms with Crippen LogP contribution in [0.15, 0.2) is 41.3 Å². The highest BCUT2D eigenvalue weighted by molar-refractivity contribution is 7.89. The number of hydrogen-bond donors (Lipinski definition) is 1. The maximum absolute atomic E-state index is 13.2. The molecule has 7 nitrogen and oxygen atoms in total. The maximum atomic E-state index is 13.2. The van der Waals surface area contributed by atoms with Gasteiger partial charge in [0.25, 0.3) is 0 Å². The number of halogens is 3. The van der Waals surface area contributed by atoms with E-state index in [-0.39, 0.29) is 26.5 Å². The van der Waals surface area contributed by atoms with Gasteiger partial charge in [-0.25, -0.2) is 18.4 Å². The summed E-state index contributed by atoms with van der Waals surface area (Å²) in [5, 5.41) is 4.38. The van der Waals surface area contributed by atoms with Crippen molar-refractivity contribution in [3.05, 3.63) is 57.3 Å². The van der Waals surface area contributed by atoms with Crippen LogP contribution in [-0.4, -0.2) is 61.8 Å². The number of hydrogen-bond acceptors (Lipinski definition) is 6. The second-order valence-corrected chi connectivity index (χ2v) is 10.8. The van der Waals surface area contributed by atoms with Gasteiger partial charge in [-0.05, 0) is 51.3 Å². The average Bonchev–Trinajstić information content (AvgIpc) is 2.69. The first-order valence-electron chi connectivity index (χ1n) is 9.84. The standard InChI is InChI=1S/C21H24Cl3N5O2S/c1-28(2)10-6-9-25-21-15-7-4-5-8-18(15)26-19(27-21)13-29(3)32(30,31)20-16(23)11-14(22)12-17(20)24/h4-5,7-8,11-12H,6,9-10,13H2,1-3H3,(H,25,26,27). The molecule has 0 aliphatic carbocycles. The van der Waals surface area contributed by atoms with Crippen molar-refractivity contribution < 1.29 is 8.42 Å². The predicted molar refractivity (Wildman–Crippen MR) is 131 cm³/mol. The van der Waals surface area contributed by atoms with Crippen LogP contribution in [-0.2, 0) is 16.6 Å². The van der Waals surface area contributed by atoms with E-state index >= 15 is 0 Å². The zero-order chi connectivity index (χ0) is 23.5. The van der Waals surface area contributed by atoms with Crippen LogP contribution in [0, 0.1) is 0 Å². The molecule has 0 atom stereocenters. The number of aromatic nitrogens is 2. The van der Waals surface area contributed by atoms with Crippen molar-refractivity contribution in [3.8, 4) is 0 Å². The zero-order valence-electron chi connectivity index (χ0n) is 17.9. The van der Waals surface area contributed by atoms with E-state index in [0.29, 0.717) is 11.6 Å². The molecular weight excluding hydrogens is 493 g/mol. The molecule has 1 aromatic heterocycles. The summed E-state index contributed by atoms with van der Waals surface area (Å²) < 4.78 is 27.4. The minimum atomic E-state index is -4.01. The van der Waals surface area contributed by atoms with Crippen LogP contribution in [0.25, 0.3) is 10.9 Å². The van der Waals surface area contributed by atoms with Gasteiger partial charge in [-0.2, -0.15) is 4.31 Å². The molecule has 0 radical (unpaired) electrons. The minimum Gasteiger partial charge on any atom is -0.369 e. The van der Waals surface area contributed by atoms with E-state index in [1.54, 1.807) is 0 Å². The summed E-state index contributed by atoms with van der Waals surface area (Å²) in [4.78, 5) is 11.1. The Labute approximate surface area is 203 Å². The van der Waals surface area contributed by atoms with Crippen LogP contribution in [0.5, 0.6) is 0 Å². The Balaban J connectivity index is 1.89. The molecule has 0 fully saturated rings. The van der Waals surface area contributed by atoms with Crippen molar-refractivity contribution >= 4 is 61.5 Å². The molecule has 0 saturated heterocycles. The summed E-state index contributed by atoms with van der Waals surface area (Å²) >= 11 is 18.2. The fraction of sp³-hybridized carbons (Fsp3) is 0.333. The lowest BCUT2D eigenvalue weighted by Gasteiger charge is -2.19. The molecule has 0 aliphatic rings. The quantitative estimate of drug-likeness (QED) is 0.413. The van der Waals surface area contributed by atoms with Crippen molar-refractivity contribution in [2.75, 3.05) is 39.5 Å². The van der Waals surface area contributed by atoms with Gasteiger partial charge in [-0.3, -0.25) is 0 Å². The molecule has 11 heteroatoms. The van der Waals surface area contributed by atoms with Gasteiger partial charge in [0, 0.05) is 24.0 Å². The molecule has 3 aromatic rings. The molecule has 32 heavy (non-hydrogen) atoms. The van der Waals surface area contributed by atoms with Gasteiger partial charge in [0.05, 0.1) is 22.1 Å². The highest BCUT2D eigenvalue weighted by atomic mass is 35.5. The van der Waals surface area contributed by atoms with Gasteiger partial charge in [0.2, 0.25) is 10.0 Å². The largest absolute Gasteiger partial charge is 0.369 e. The van der Waals surface area contributed by atoms with Crippen LogP contribution in [0.4, 0.5) is 5.82 Å². The number of nitrogens with one attached hydrogen (secondary N) is 1. The van der Waals surface area contributed by atoms with Gasteiger partial charge in [0.1, 0.15) is 16.5 Å². The molecule has 0 spiro atoms. The number of sulfonamides is 1. The first kappa shape index (κ1) is 25.0. The Kier molecular flexibility index (Phi) is 8.19. The lowest BCUT2D eigenvalue weighted by molar-refractivity contribution is 0.405. The van der Waals surface area contributed by atoms with Crippen molar-refractivity contribution in [1.82, 2.24) is 19.2 Å². The van der Waals surface area contributed by atoms with Crippen LogP contribution >= 0.6 is 34.8 Å². The first-order valence-corrected chi connectivity index (χ1v) is 12.4. The summed E-state index contributed by atoms with van der Waals surface area (Å²) in [7, 11) is 1.47. The summed E-state index contributed by atoms with van der Waals surface area (Å²) in [6.45, 7) is 1.60. The fourth-order valence-corrected chi connectivity index (χ4v) is 5.76. The van der Waals surface area contributed by atoms with E-state index in [4.69, 9.17) is 34.8 Å². The smallest absolute Gasteiger partial charge is 0.246 e. The molecule has 0 unspecified atom stereocenters. The van der Waals surface area contributed by atoms with Crippen molar-refractivity contribution in [2.45, 2.75) is 17.9 Å². The molecule has 0 aliphatic heterocycles. The highest BCUT2D eigenvalue weighted by Crippen LogP contribution is 2.34. The molecular formula is C21H24Cl3N5O2S. The van der Waals surface area contributed by atoms with Crippen LogP contribution in [0.1, 0.15) is 12.2 Å². The lowest BCUT2D eigenvalue weighted by atomic mass is 10.2. The highest BCUT2D eigenvalue weighted by Gasteiger charge is 2.28. The zero-order valence-corrected chi connectivity index (χ0v) is 21.0. The summed E-state index contributed by atoms with van der Waals surface area (Å²) in [6.07, 6.45) is 0.933. The first-order chi connectivity index (χ1) is 15.1. The van der Waals surface area contributed by atoms with Gasteiger partial charge in [-0.1, -0.05) is 46.9 Å². The molecule has 1 N–H and O–H groups in total. The number of nitrogens with zero attached hydrogens (tertiary/aromatic N) is 4. The number of para-hydroxylation sites is 1. The van der Waals surface area contributed by atoms with E-state index < -0.39 is 10.0 Å². The second-order valence-electron chi connectivity index (χ2n) is 7.55. The predicted octanol–water partition coefficient (Wildman–Crippen LogP) is 4.77. The molecule has 0 saturated carbocycles. The van der Waals surface area contributed by atoms with Gasteiger partial charge in [-0.15, -0.1) is 0 Å². The number of benzene rings is 2. The Bertz CT molecular complexity index is 1200. The Hall–Kier alpha value is -1.68. The van der Waals surface area contributed by atoms with Crippen molar-refractivity contribution in [2.24, 2.45) is 0 Å². The summed E-state index contributed by atoms with van der Waals surface area (Å²) in [5.74, 6) is 1.02. The third-order valence-electron chi connectivity index (χ3n) is 4.72. The molecule has 2 aromatic carbocycles. The van der Waals surface area contributed by atoms with Gasteiger partial charge in [0.15, 0.2) is 0 Å². The minimum absolute atomic E-state index is 0.0444. The van der Waals surface area contributed by atoms with E-state index in [1.165, 1.54) is 19.2 Å². The second kappa shape index (κ2) is 10.5. The summed E-state index contributed by atoms with van der Waals surface area (Å²) in [5.41, 5.74) is 0.723. The lowest BCUT2D eigenvalue weighted by Crippen LogP contribution is -2.28. The molecule has 1 heterocycles. The number of rotatable bonds is 9. The van der Waals surface area contributed by atoms with Crippen LogP contribution in [0.2, 0.25) is 15.1 Å². The molecule has 172 valence electrons. The average molecular weight is 517 g/mol. The fourth-order valence-electron chi connectivity index (χ4n) is 3.15. The molecule has 3 rings (SSSR count). The van der Waals surface area contributed by atoms with E-state index in [2.05, 4.69) is 20.2 Å². The van der Waals surface area contributed by atoms with E-state index in [0.717, 1.165) is 34.7 Å². The van der Waals surface area contributed by atoms with Crippen molar-refractivity contribution in [1.29, 1.82) is 0 Å². The Morgan fingerprint density at radius 2 is 1.66 bits per heavy atom. The Morgan fingerprint density at radius 3 is 2.31 bits per heavy atom. The van der Waals surface area contributed by atoms with Crippen LogP contribution < -0.4 is 5.32 Å². The van der Waals surface area contributed by atoms with E-state index in [1.807, 2.05) is 38.4 Å². The van der Waals surface area contributed by atoms with Crippen LogP contribution in [0.3, 0.4) is 0 Å².